The first kappa shape index (κ1) is 17.9. The number of anilines is 1. The van der Waals surface area contributed by atoms with Crippen molar-refractivity contribution in [1.82, 2.24) is 4.57 Å². The lowest BCUT2D eigenvalue weighted by Crippen LogP contribution is -2.12. The number of amides is 1. The zero-order valence-corrected chi connectivity index (χ0v) is 15.7. The molecule has 0 saturated heterocycles. The molecule has 134 valence electrons. The maximum atomic E-state index is 12.4. The fraction of sp³-hybridized carbons (Fsp3) is 0.150. The summed E-state index contributed by atoms with van der Waals surface area (Å²) in [6.07, 6.45) is 1.14. The Morgan fingerprint density at radius 2 is 1.54 bits per heavy atom. The molecule has 0 aliphatic heterocycles. The third kappa shape index (κ3) is 3.70. The van der Waals surface area contributed by atoms with Gasteiger partial charge in [0.05, 0.1) is 4.90 Å². The van der Waals surface area contributed by atoms with E-state index in [1.54, 1.807) is 24.3 Å². The summed E-state index contributed by atoms with van der Waals surface area (Å²) in [6, 6.07) is 17.6. The van der Waals surface area contributed by atoms with E-state index in [0.29, 0.717) is 11.3 Å². The molecule has 5 nitrogen and oxygen atoms in total. The summed E-state index contributed by atoms with van der Waals surface area (Å²) in [5, 5.41) is 2.74. The minimum atomic E-state index is -3.32. The summed E-state index contributed by atoms with van der Waals surface area (Å²) in [6.45, 7) is 4.06. The van der Waals surface area contributed by atoms with E-state index < -0.39 is 9.84 Å². The Hall–Kier alpha value is -2.86. The predicted molar refractivity (Wildman–Crippen MR) is 103 cm³/mol. The highest BCUT2D eigenvalue weighted by Crippen LogP contribution is 2.19. The van der Waals surface area contributed by atoms with E-state index in [2.05, 4.69) is 9.88 Å². The molecular formula is C20H20N2O3S. The lowest BCUT2D eigenvalue weighted by molar-refractivity contribution is 0.102. The van der Waals surface area contributed by atoms with Crippen molar-refractivity contribution in [2.75, 3.05) is 11.6 Å². The average molecular weight is 368 g/mol. The highest BCUT2D eigenvalue weighted by molar-refractivity contribution is 7.90. The Morgan fingerprint density at radius 1 is 0.923 bits per heavy atom. The molecule has 0 spiro atoms. The molecule has 6 heteroatoms. The molecule has 0 aliphatic carbocycles. The first-order valence-electron chi connectivity index (χ1n) is 8.12. The number of hydrogen-bond donors (Lipinski definition) is 1. The van der Waals surface area contributed by atoms with Crippen LogP contribution in [0.1, 0.15) is 21.7 Å². The van der Waals surface area contributed by atoms with Crippen LogP contribution in [0.15, 0.2) is 65.6 Å². The zero-order valence-electron chi connectivity index (χ0n) is 14.9. The number of rotatable bonds is 4. The second-order valence-electron chi connectivity index (χ2n) is 6.25. The molecule has 3 aromatic rings. The monoisotopic (exact) mass is 368 g/mol. The van der Waals surface area contributed by atoms with Gasteiger partial charge in [-0.05, 0) is 68.4 Å². The minimum absolute atomic E-state index is 0.171. The Balaban J connectivity index is 1.81. The number of benzene rings is 2. The van der Waals surface area contributed by atoms with Crippen molar-refractivity contribution >= 4 is 21.4 Å². The predicted octanol–water partition coefficient (Wildman–Crippen LogP) is 3.75. The van der Waals surface area contributed by atoms with Crippen LogP contribution >= 0.6 is 0 Å². The van der Waals surface area contributed by atoms with E-state index in [1.807, 2.05) is 38.1 Å². The molecule has 1 heterocycles. The molecule has 0 fully saturated rings. The van der Waals surface area contributed by atoms with Gasteiger partial charge in [-0.2, -0.15) is 0 Å². The van der Waals surface area contributed by atoms with Crippen LogP contribution in [-0.4, -0.2) is 25.1 Å². The van der Waals surface area contributed by atoms with Gasteiger partial charge in [0, 0.05) is 34.6 Å². The highest BCUT2D eigenvalue weighted by atomic mass is 32.2. The molecule has 1 aromatic heterocycles. The van der Waals surface area contributed by atoms with Gasteiger partial charge in [0.25, 0.3) is 5.91 Å². The van der Waals surface area contributed by atoms with Crippen molar-refractivity contribution in [2.24, 2.45) is 0 Å². The standard InChI is InChI=1S/C20H20N2O3S/c1-14-7-8-15(2)22(14)18-11-9-16(10-12-18)20(23)21-17-5-4-6-19(13-17)26(3,24)25/h4-13H,1-3H3,(H,21,23). The summed E-state index contributed by atoms with van der Waals surface area (Å²) < 4.78 is 25.4. The second kappa shape index (κ2) is 6.80. The Bertz CT molecular complexity index is 1050. The van der Waals surface area contributed by atoms with Crippen LogP contribution < -0.4 is 5.32 Å². The summed E-state index contributed by atoms with van der Waals surface area (Å²) >= 11 is 0. The van der Waals surface area contributed by atoms with E-state index in [9.17, 15) is 13.2 Å². The van der Waals surface area contributed by atoms with Crippen molar-refractivity contribution < 1.29 is 13.2 Å². The van der Waals surface area contributed by atoms with E-state index >= 15 is 0 Å². The van der Waals surface area contributed by atoms with Crippen molar-refractivity contribution in [3.05, 3.63) is 77.6 Å². The molecule has 1 N–H and O–H groups in total. The first-order chi connectivity index (χ1) is 12.3. The lowest BCUT2D eigenvalue weighted by atomic mass is 10.2. The molecule has 0 saturated carbocycles. The maximum absolute atomic E-state index is 12.4. The van der Waals surface area contributed by atoms with Crippen molar-refractivity contribution in [3.8, 4) is 5.69 Å². The fourth-order valence-electron chi connectivity index (χ4n) is 2.85. The van der Waals surface area contributed by atoms with Crippen LogP contribution in [0.25, 0.3) is 5.69 Å². The molecule has 0 radical (unpaired) electrons. The summed E-state index contributed by atoms with van der Waals surface area (Å²) in [5.41, 5.74) is 4.18. The zero-order chi connectivity index (χ0) is 18.9. The van der Waals surface area contributed by atoms with Gasteiger partial charge in [0.2, 0.25) is 0 Å². The van der Waals surface area contributed by atoms with Crippen LogP contribution in [0.3, 0.4) is 0 Å². The van der Waals surface area contributed by atoms with Gasteiger partial charge < -0.3 is 9.88 Å². The van der Waals surface area contributed by atoms with Crippen molar-refractivity contribution in [3.63, 3.8) is 0 Å². The van der Waals surface area contributed by atoms with Gasteiger partial charge in [0.15, 0.2) is 9.84 Å². The summed E-state index contributed by atoms with van der Waals surface area (Å²) in [4.78, 5) is 12.6. The first-order valence-corrected chi connectivity index (χ1v) is 10.0. The number of nitrogens with zero attached hydrogens (tertiary/aromatic N) is 1. The largest absolute Gasteiger partial charge is 0.322 e. The number of nitrogens with one attached hydrogen (secondary N) is 1. The number of hydrogen-bond acceptors (Lipinski definition) is 3. The average Bonchev–Trinajstić information content (AvgIpc) is 2.93. The summed E-state index contributed by atoms with van der Waals surface area (Å²) in [5.74, 6) is -0.289. The minimum Gasteiger partial charge on any atom is -0.322 e. The van der Waals surface area contributed by atoms with Crippen LogP contribution in [0.2, 0.25) is 0 Å². The normalized spacial score (nSPS) is 11.3. The molecule has 3 rings (SSSR count). The molecule has 1 amide bonds. The quantitative estimate of drug-likeness (QED) is 0.762. The molecule has 0 aliphatic rings. The van der Waals surface area contributed by atoms with E-state index in [-0.39, 0.29) is 10.8 Å². The SMILES string of the molecule is Cc1ccc(C)n1-c1ccc(C(=O)Nc2cccc(S(C)(=O)=O)c2)cc1. The highest BCUT2D eigenvalue weighted by Gasteiger charge is 2.11. The number of carbonyl (C=O) groups excluding carboxylic acids is 1. The molecule has 0 unspecified atom stereocenters. The van der Waals surface area contributed by atoms with Crippen LogP contribution in [0.5, 0.6) is 0 Å². The number of sulfone groups is 1. The molecule has 0 bridgehead atoms. The van der Waals surface area contributed by atoms with Gasteiger partial charge in [0.1, 0.15) is 0 Å². The number of aryl methyl sites for hydroxylation is 2. The van der Waals surface area contributed by atoms with Gasteiger partial charge in [-0.25, -0.2) is 8.42 Å². The number of aromatic nitrogens is 1. The third-order valence-electron chi connectivity index (χ3n) is 4.18. The third-order valence-corrected chi connectivity index (χ3v) is 5.29. The number of carbonyl (C=O) groups is 1. The van der Waals surface area contributed by atoms with Gasteiger partial charge in [-0.1, -0.05) is 6.07 Å². The maximum Gasteiger partial charge on any atom is 0.255 e. The van der Waals surface area contributed by atoms with Crippen LogP contribution in [-0.2, 0) is 9.84 Å². The van der Waals surface area contributed by atoms with Crippen molar-refractivity contribution in [2.45, 2.75) is 18.7 Å². The molecular weight excluding hydrogens is 348 g/mol. The fourth-order valence-corrected chi connectivity index (χ4v) is 3.51. The van der Waals surface area contributed by atoms with Crippen LogP contribution in [0.4, 0.5) is 5.69 Å². The molecule has 26 heavy (non-hydrogen) atoms. The second-order valence-corrected chi connectivity index (χ2v) is 8.27. The molecule has 2 aromatic carbocycles. The Morgan fingerprint density at radius 3 is 2.12 bits per heavy atom. The topological polar surface area (TPSA) is 68.2 Å². The van der Waals surface area contributed by atoms with Crippen molar-refractivity contribution in [1.29, 1.82) is 0 Å². The van der Waals surface area contributed by atoms with Crippen LogP contribution in [0, 0.1) is 13.8 Å². The van der Waals surface area contributed by atoms with E-state index in [1.165, 1.54) is 12.1 Å². The smallest absolute Gasteiger partial charge is 0.255 e. The summed E-state index contributed by atoms with van der Waals surface area (Å²) in [7, 11) is -3.32. The Kier molecular flexibility index (Phi) is 4.70. The van der Waals surface area contributed by atoms with E-state index in [0.717, 1.165) is 23.3 Å². The lowest BCUT2D eigenvalue weighted by Gasteiger charge is -2.11. The Labute approximate surface area is 153 Å². The molecule has 0 atom stereocenters. The van der Waals surface area contributed by atoms with Gasteiger partial charge >= 0.3 is 0 Å². The van der Waals surface area contributed by atoms with E-state index in [4.69, 9.17) is 0 Å². The van der Waals surface area contributed by atoms with Gasteiger partial charge in [-0.15, -0.1) is 0 Å². The van der Waals surface area contributed by atoms with Gasteiger partial charge in [-0.3, -0.25) is 4.79 Å².